The van der Waals surface area contributed by atoms with E-state index in [0.29, 0.717) is 6.07 Å². The highest BCUT2D eigenvalue weighted by Gasteiger charge is 2.28. The van der Waals surface area contributed by atoms with Crippen molar-refractivity contribution in [2.75, 3.05) is 31.6 Å². The number of hydrogen-bond acceptors (Lipinski definition) is 4. The first-order valence-corrected chi connectivity index (χ1v) is 9.48. The summed E-state index contributed by atoms with van der Waals surface area (Å²) in [5.74, 6) is -7.21. The van der Waals surface area contributed by atoms with Gasteiger partial charge in [-0.15, -0.1) is 0 Å². The standard InChI is InChI=1S/C17H14F4N2O4S/c18-12-2-1-10(28(25,26)23-5-7-27-8-6-23)9-11(12)17(24)22-14-4-3-13(19)15(20)16(14)21/h1-4,9H,5-8H2,(H,22,24). The van der Waals surface area contributed by atoms with Crippen LogP contribution in [0, 0.1) is 23.3 Å². The van der Waals surface area contributed by atoms with Crippen molar-refractivity contribution >= 4 is 21.6 Å². The largest absolute Gasteiger partial charge is 0.379 e. The Balaban J connectivity index is 1.91. The number of ether oxygens (including phenoxy) is 1. The van der Waals surface area contributed by atoms with E-state index in [-0.39, 0.29) is 31.2 Å². The van der Waals surface area contributed by atoms with E-state index < -0.39 is 50.5 Å². The Labute approximate surface area is 157 Å². The summed E-state index contributed by atoms with van der Waals surface area (Å²) < 4.78 is 85.5. The molecule has 1 aliphatic heterocycles. The highest BCUT2D eigenvalue weighted by Crippen LogP contribution is 2.23. The zero-order chi connectivity index (χ0) is 20.5. The zero-order valence-electron chi connectivity index (χ0n) is 14.2. The maximum absolute atomic E-state index is 14.1. The van der Waals surface area contributed by atoms with Gasteiger partial charge in [0, 0.05) is 13.1 Å². The van der Waals surface area contributed by atoms with Crippen molar-refractivity contribution < 1.29 is 35.5 Å². The summed E-state index contributed by atoms with van der Waals surface area (Å²) in [4.78, 5) is 11.9. The number of carbonyl (C=O) groups excluding carboxylic acids is 1. The van der Waals surface area contributed by atoms with Crippen molar-refractivity contribution in [3.05, 3.63) is 59.2 Å². The van der Waals surface area contributed by atoms with Crippen LogP contribution in [-0.4, -0.2) is 44.9 Å². The van der Waals surface area contributed by atoms with Gasteiger partial charge in [0.05, 0.1) is 29.4 Å². The molecule has 0 bridgehead atoms. The minimum Gasteiger partial charge on any atom is -0.379 e. The number of benzene rings is 2. The van der Waals surface area contributed by atoms with Gasteiger partial charge in [-0.2, -0.15) is 4.31 Å². The monoisotopic (exact) mass is 418 g/mol. The summed E-state index contributed by atoms with van der Waals surface area (Å²) in [6.45, 7) is 0.592. The van der Waals surface area contributed by atoms with Crippen molar-refractivity contribution in [1.82, 2.24) is 4.31 Å². The predicted molar refractivity (Wildman–Crippen MR) is 90.2 cm³/mol. The van der Waals surface area contributed by atoms with Crippen molar-refractivity contribution in [2.45, 2.75) is 4.90 Å². The summed E-state index contributed by atoms with van der Waals surface area (Å²) in [6, 6.07) is 3.92. The van der Waals surface area contributed by atoms with Crippen LogP contribution in [0.5, 0.6) is 0 Å². The van der Waals surface area contributed by atoms with Crippen LogP contribution in [0.3, 0.4) is 0 Å². The average molecular weight is 418 g/mol. The number of nitrogens with zero attached hydrogens (tertiary/aromatic N) is 1. The van der Waals surface area contributed by atoms with E-state index in [1.165, 1.54) is 0 Å². The molecule has 0 radical (unpaired) electrons. The first-order chi connectivity index (χ1) is 13.2. The minimum absolute atomic E-state index is 0.0985. The molecule has 0 aromatic heterocycles. The number of sulfonamides is 1. The summed E-state index contributed by atoms with van der Waals surface area (Å²) >= 11 is 0. The second-order valence-electron chi connectivity index (χ2n) is 5.84. The van der Waals surface area contributed by atoms with Gasteiger partial charge < -0.3 is 10.1 Å². The van der Waals surface area contributed by atoms with Gasteiger partial charge in [0.2, 0.25) is 10.0 Å². The molecule has 1 heterocycles. The molecule has 11 heteroatoms. The molecule has 2 aromatic carbocycles. The molecular weight excluding hydrogens is 404 g/mol. The topological polar surface area (TPSA) is 75.7 Å². The third-order valence-electron chi connectivity index (χ3n) is 4.07. The Hall–Kier alpha value is -2.50. The van der Waals surface area contributed by atoms with Crippen LogP contribution in [0.15, 0.2) is 35.2 Å². The lowest BCUT2D eigenvalue weighted by Crippen LogP contribution is -2.40. The van der Waals surface area contributed by atoms with Gasteiger partial charge in [0.25, 0.3) is 5.91 Å². The lowest BCUT2D eigenvalue weighted by atomic mass is 10.2. The van der Waals surface area contributed by atoms with Crippen molar-refractivity contribution in [3.63, 3.8) is 0 Å². The molecule has 0 aliphatic carbocycles. The van der Waals surface area contributed by atoms with Gasteiger partial charge >= 0.3 is 0 Å². The van der Waals surface area contributed by atoms with Crippen LogP contribution in [0.1, 0.15) is 10.4 Å². The number of amides is 1. The highest BCUT2D eigenvalue weighted by atomic mass is 32.2. The molecule has 150 valence electrons. The molecule has 6 nitrogen and oxygen atoms in total. The maximum Gasteiger partial charge on any atom is 0.258 e. The normalized spacial score (nSPS) is 15.4. The van der Waals surface area contributed by atoms with Gasteiger partial charge in [0.15, 0.2) is 17.5 Å². The molecule has 0 spiro atoms. The zero-order valence-corrected chi connectivity index (χ0v) is 15.0. The SMILES string of the molecule is O=C(Nc1ccc(F)c(F)c1F)c1cc(S(=O)(=O)N2CCOCC2)ccc1F. The van der Waals surface area contributed by atoms with Crippen molar-refractivity contribution in [1.29, 1.82) is 0 Å². The minimum atomic E-state index is -4.01. The Bertz CT molecular complexity index is 1020. The van der Waals surface area contributed by atoms with Gasteiger partial charge in [0.1, 0.15) is 5.82 Å². The van der Waals surface area contributed by atoms with Crippen LogP contribution in [0.4, 0.5) is 23.2 Å². The summed E-state index contributed by atoms with van der Waals surface area (Å²) in [5.41, 5.74) is -1.41. The van der Waals surface area contributed by atoms with Gasteiger partial charge in [-0.25, -0.2) is 26.0 Å². The fourth-order valence-electron chi connectivity index (χ4n) is 2.59. The molecule has 0 atom stereocenters. The molecular formula is C17H14F4N2O4S. The van der Waals surface area contributed by atoms with Gasteiger partial charge in [-0.3, -0.25) is 4.79 Å². The fraction of sp³-hybridized carbons (Fsp3) is 0.235. The molecule has 1 aliphatic rings. The fourth-order valence-corrected chi connectivity index (χ4v) is 4.02. The van der Waals surface area contributed by atoms with Crippen LogP contribution < -0.4 is 5.32 Å². The first kappa shape index (κ1) is 20.2. The molecule has 1 N–H and O–H groups in total. The molecule has 0 saturated carbocycles. The number of rotatable bonds is 4. The van der Waals surface area contributed by atoms with E-state index in [4.69, 9.17) is 4.74 Å². The maximum atomic E-state index is 14.1. The lowest BCUT2D eigenvalue weighted by Gasteiger charge is -2.26. The van der Waals surface area contributed by atoms with Crippen LogP contribution in [0.25, 0.3) is 0 Å². The van der Waals surface area contributed by atoms with Crippen LogP contribution in [-0.2, 0) is 14.8 Å². The number of anilines is 1. The quantitative estimate of drug-likeness (QED) is 0.612. The second-order valence-corrected chi connectivity index (χ2v) is 7.77. The second kappa shape index (κ2) is 7.86. The van der Waals surface area contributed by atoms with Crippen molar-refractivity contribution in [2.24, 2.45) is 0 Å². The summed E-state index contributed by atoms with van der Waals surface area (Å²) in [5, 5.41) is 1.90. The Kier molecular flexibility index (Phi) is 5.68. The third-order valence-corrected chi connectivity index (χ3v) is 5.97. The number of morpholine rings is 1. The van der Waals surface area contributed by atoms with Gasteiger partial charge in [-0.1, -0.05) is 0 Å². The number of carbonyl (C=O) groups is 1. The average Bonchev–Trinajstić information content (AvgIpc) is 2.69. The number of hydrogen-bond donors (Lipinski definition) is 1. The molecule has 28 heavy (non-hydrogen) atoms. The highest BCUT2D eigenvalue weighted by molar-refractivity contribution is 7.89. The van der Waals surface area contributed by atoms with E-state index in [9.17, 15) is 30.8 Å². The molecule has 1 fully saturated rings. The number of nitrogens with one attached hydrogen (secondary N) is 1. The van der Waals surface area contributed by atoms with E-state index in [2.05, 4.69) is 0 Å². The van der Waals surface area contributed by atoms with Crippen molar-refractivity contribution in [3.8, 4) is 0 Å². The van der Waals surface area contributed by atoms with Crippen LogP contribution in [0.2, 0.25) is 0 Å². The van der Waals surface area contributed by atoms with E-state index >= 15 is 0 Å². The number of halogens is 4. The molecule has 1 amide bonds. The lowest BCUT2D eigenvalue weighted by molar-refractivity contribution is 0.0730. The molecule has 1 saturated heterocycles. The van der Waals surface area contributed by atoms with E-state index in [1.54, 1.807) is 0 Å². The molecule has 2 aromatic rings. The molecule has 0 unspecified atom stereocenters. The van der Waals surface area contributed by atoms with Crippen LogP contribution >= 0.6 is 0 Å². The Morgan fingerprint density at radius 3 is 2.29 bits per heavy atom. The first-order valence-electron chi connectivity index (χ1n) is 8.04. The van der Waals surface area contributed by atoms with E-state index in [1.807, 2.05) is 5.32 Å². The predicted octanol–water partition coefficient (Wildman–Crippen LogP) is 2.52. The summed E-state index contributed by atoms with van der Waals surface area (Å²) in [6.07, 6.45) is 0. The van der Waals surface area contributed by atoms with E-state index in [0.717, 1.165) is 28.6 Å². The van der Waals surface area contributed by atoms with Gasteiger partial charge in [-0.05, 0) is 30.3 Å². The molecule has 3 rings (SSSR count). The smallest absolute Gasteiger partial charge is 0.258 e. The Morgan fingerprint density at radius 1 is 0.964 bits per heavy atom. The Morgan fingerprint density at radius 2 is 1.61 bits per heavy atom. The third kappa shape index (κ3) is 3.86. The summed E-state index contributed by atoms with van der Waals surface area (Å²) in [7, 11) is -4.01.